The quantitative estimate of drug-likeness (QED) is 0.885. The van der Waals surface area contributed by atoms with E-state index < -0.39 is 0 Å². The van der Waals surface area contributed by atoms with Crippen molar-refractivity contribution in [3.8, 4) is 0 Å². The van der Waals surface area contributed by atoms with Crippen LogP contribution < -0.4 is 5.32 Å². The molecule has 19 heavy (non-hydrogen) atoms. The van der Waals surface area contributed by atoms with Crippen LogP contribution in [0.15, 0.2) is 30.5 Å². The van der Waals surface area contributed by atoms with Gasteiger partial charge in [-0.15, -0.1) is 0 Å². The third-order valence-electron chi connectivity index (χ3n) is 4.34. The third-order valence-corrected chi connectivity index (χ3v) is 4.34. The molecular weight excluding hydrogens is 234 g/mol. The molecule has 0 spiro atoms. The summed E-state index contributed by atoms with van der Waals surface area (Å²) in [5, 5.41) is 5.08. The summed E-state index contributed by atoms with van der Waals surface area (Å²) in [5.74, 6) is 0.726. The van der Waals surface area contributed by atoms with Gasteiger partial charge in [0.1, 0.15) is 0 Å². The second-order valence-corrected chi connectivity index (χ2v) is 5.88. The molecule has 0 aliphatic carbocycles. The van der Waals surface area contributed by atoms with Crippen LogP contribution in [0, 0.1) is 5.92 Å². The monoisotopic (exact) mass is 257 g/mol. The van der Waals surface area contributed by atoms with Gasteiger partial charge in [0.15, 0.2) is 0 Å². The number of hydrogen-bond acceptors (Lipinski definition) is 2. The highest BCUT2D eigenvalue weighted by molar-refractivity contribution is 5.82. The van der Waals surface area contributed by atoms with Gasteiger partial charge in [-0.05, 0) is 37.6 Å². The first-order valence-corrected chi connectivity index (χ1v) is 7.21. The number of aromatic nitrogens is 1. The molecule has 2 N–H and O–H groups in total. The maximum Gasteiger partial charge on any atom is 0.0457 e. The Morgan fingerprint density at radius 3 is 3.05 bits per heavy atom. The van der Waals surface area contributed by atoms with Crippen molar-refractivity contribution in [3.05, 3.63) is 36.0 Å². The molecule has 0 radical (unpaired) electrons. The Morgan fingerprint density at radius 2 is 2.21 bits per heavy atom. The lowest BCUT2D eigenvalue weighted by Gasteiger charge is -2.35. The number of likely N-dealkylation sites (tertiary alicyclic amines) is 1. The van der Waals surface area contributed by atoms with E-state index in [9.17, 15) is 0 Å². The molecule has 2 unspecified atom stereocenters. The standard InChI is InChI=1S/C16H23N3/c1-12-11-19(2)8-7-15(12)17-9-13-10-18-16-6-4-3-5-14(13)16/h3-6,10,12,15,17-18H,7-9,11H2,1-2H3. The molecule has 0 saturated carbocycles. The molecule has 1 aromatic carbocycles. The molecule has 1 aliphatic heterocycles. The van der Waals surface area contributed by atoms with Gasteiger partial charge in [-0.3, -0.25) is 0 Å². The highest BCUT2D eigenvalue weighted by Crippen LogP contribution is 2.20. The zero-order chi connectivity index (χ0) is 13.2. The summed E-state index contributed by atoms with van der Waals surface area (Å²) >= 11 is 0. The lowest BCUT2D eigenvalue weighted by molar-refractivity contribution is 0.174. The Morgan fingerprint density at radius 1 is 1.37 bits per heavy atom. The second-order valence-electron chi connectivity index (χ2n) is 5.88. The minimum Gasteiger partial charge on any atom is -0.361 e. The Labute approximate surface area is 115 Å². The summed E-state index contributed by atoms with van der Waals surface area (Å²) in [6.07, 6.45) is 3.39. The molecular formula is C16H23N3. The third kappa shape index (κ3) is 2.67. The molecule has 3 heteroatoms. The van der Waals surface area contributed by atoms with E-state index in [4.69, 9.17) is 0 Å². The molecule has 1 aromatic heterocycles. The normalized spacial score (nSPS) is 24.9. The predicted molar refractivity (Wildman–Crippen MR) is 80.2 cm³/mol. The van der Waals surface area contributed by atoms with Crippen molar-refractivity contribution in [1.82, 2.24) is 15.2 Å². The lowest BCUT2D eigenvalue weighted by atomic mass is 9.94. The van der Waals surface area contributed by atoms with Crippen molar-refractivity contribution < 1.29 is 0 Å². The summed E-state index contributed by atoms with van der Waals surface area (Å²) in [6, 6.07) is 9.16. The van der Waals surface area contributed by atoms with E-state index in [0.29, 0.717) is 6.04 Å². The van der Waals surface area contributed by atoms with Crippen molar-refractivity contribution in [1.29, 1.82) is 0 Å². The highest BCUT2D eigenvalue weighted by atomic mass is 15.1. The summed E-state index contributed by atoms with van der Waals surface area (Å²) in [5.41, 5.74) is 2.61. The van der Waals surface area contributed by atoms with Gasteiger partial charge in [0.25, 0.3) is 0 Å². The zero-order valence-corrected chi connectivity index (χ0v) is 11.8. The average Bonchev–Trinajstić information content (AvgIpc) is 2.81. The number of H-pyrrole nitrogens is 1. The number of benzene rings is 1. The molecule has 2 aromatic rings. The molecule has 2 heterocycles. The summed E-state index contributed by atoms with van der Waals surface area (Å²) in [6.45, 7) is 5.72. The Balaban J connectivity index is 1.66. The van der Waals surface area contributed by atoms with E-state index in [1.165, 1.54) is 36.0 Å². The molecule has 3 rings (SSSR count). The number of rotatable bonds is 3. The van der Waals surface area contributed by atoms with Crippen molar-refractivity contribution in [2.45, 2.75) is 25.9 Å². The Kier molecular flexibility index (Phi) is 3.58. The average molecular weight is 257 g/mol. The number of piperidine rings is 1. The number of fused-ring (bicyclic) bond motifs is 1. The molecule has 1 fully saturated rings. The Bertz CT molecular complexity index is 546. The number of nitrogens with one attached hydrogen (secondary N) is 2. The fraction of sp³-hybridized carbons (Fsp3) is 0.500. The van der Waals surface area contributed by atoms with E-state index in [0.717, 1.165) is 12.5 Å². The number of hydrogen-bond donors (Lipinski definition) is 2. The van der Waals surface area contributed by atoms with Crippen LogP contribution >= 0.6 is 0 Å². The fourth-order valence-corrected chi connectivity index (χ4v) is 3.18. The number of para-hydroxylation sites is 1. The van der Waals surface area contributed by atoms with Crippen molar-refractivity contribution in [3.63, 3.8) is 0 Å². The molecule has 0 bridgehead atoms. The van der Waals surface area contributed by atoms with E-state index in [1.807, 2.05) is 0 Å². The van der Waals surface area contributed by atoms with Crippen molar-refractivity contribution in [2.24, 2.45) is 5.92 Å². The van der Waals surface area contributed by atoms with Gasteiger partial charge < -0.3 is 15.2 Å². The van der Waals surface area contributed by atoms with Gasteiger partial charge >= 0.3 is 0 Å². The van der Waals surface area contributed by atoms with E-state index in [2.05, 4.69) is 59.6 Å². The van der Waals surface area contributed by atoms with Gasteiger partial charge in [0.05, 0.1) is 0 Å². The molecule has 1 aliphatic rings. The maximum absolute atomic E-state index is 3.74. The number of nitrogens with zero attached hydrogens (tertiary/aromatic N) is 1. The first-order valence-electron chi connectivity index (χ1n) is 7.21. The molecule has 3 nitrogen and oxygen atoms in total. The van der Waals surface area contributed by atoms with Gasteiger partial charge in [-0.2, -0.15) is 0 Å². The highest BCUT2D eigenvalue weighted by Gasteiger charge is 2.23. The molecule has 1 saturated heterocycles. The smallest absolute Gasteiger partial charge is 0.0457 e. The zero-order valence-electron chi connectivity index (χ0n) is 11.8. The van der Waals surface area contributed by atoms with Crippen LogP contribution in [0.5, 0.6) is 0 Å². The van der Waals surface area contributed by atoms with Gasteiger partial charge in [0.2, 0.25) is 0 Å². The van der Waals surface area contributed by atoms with E-state index in [1.54, 1.807) is 0 Å². The van der Waals surface area contributed by atoms with Gasteiger partial charge in [-0.1, -0.05) is 25.1 Å². The van der Waals surface area contributed by atoms with Gasteiger partial charge in [0, 0.05) is 36.2 Å². The SMILES string of the molecule is CC1CN(C)CCC1NCc1c[nH]c2ccccc12. The van der Waals surface area contributed by atoms with Crippen LogP contribution in [0.4, 0.5) is 0 Å². The topological polar surface area (TPSA) is 31.1 Å². The van der Waals surface area contributed by atoms with Crippen LogP contribution in [-0.4, -0.2) is 36.1 Å². The predicted octanol–water partition coefficient (Wildman–Crippen LogP) is 2.60. The first kappa shape index (κ1) is 12.7. The fourth-order valence-electron chi connectivity index (χ4n) is 3.18. The largest absolute Gasteiger partial charge is 0.361 e. The van der Waals surface area contributed by atoms with Crippen LogP contribution in [0.3, 0.4) is 0 Å². The Hall–Kier alpha value is -1.32. The van der Waals surface area contributed by atoms with Crippen molar-refractivity contribution >= 4 is 10.9 Å². The second kappa shape index (κ2) is 5.35. The van der Waals surface area contributed by atoms with E-state index in [-0.39, 0.29) is 0 Å². The maximum atomic E-state index is 3.74. The summed E-state index contributed by atoms with van der Waals surface area (Å²) in [4.78, 5) is 5.77. The minimum absolute atomic E-state index is 0.643. The summed E-state index contributed by atoms with van der Waals surface area (Å²) in [7, 11) is 2.21. The lowest BCUT2D eigenvalue weighted by Crippen LogP contribution is -2.46. The van der Waals surface area contributed by atoms with Crippen LogP contribution in [0.2, 0.25) is 0 Å². The van der Waals surface area contributed by atoms with Gasteiger partial charge in [-0.25, -0.2) is 0 Å². The minimum atomic E-state index is 0.643. The van der Waals surface area contributed by atoms with Crippen LogP contribution in [0.25, 0.3) is 10.9 Å². The van der Waals surface area contributed by atoms with Crippen molar-refractivity contribution in [2.75, 3.05) is 20.1 Å². The molecule has 0 amide bonds. The summed E-state index contributed by atoms with van der Waals surface area (Å²) < 4.78 is 0. The number of aromatic amines is 1. The van der Waals surface area contributed by atoms with Crippen LogP contribution in [0.1, 0.15) is 18.9 Å². The first-order chi connectivity index (χ1) is 9.24. The van der Waals surface area contributed by atoms with E-state index >= 15 is 0 Å². The van der Waals surface area contributed by atoms with Crippen LogP contribution in [-0.2, 0) is 6.54 Å². The molecule has 102 valence electrons. The molecule has 2 atom stereocenters.